The van der Waals surface area contributed by atoms with E-state index >= 15 is 0 Å². The fourth-order valence-corrected chi connectivity index (χ4v) is 7.67. The van der Waals surface area contributed by atoms with Crippen LogP contribution in [0.2, 0.25) is 0 Å². The molecule has 0 bridgehead atoms. The number of rotatable bonds is 20. The molecule has 2 atom stereocenters. The van der Waals surface area contributed by atoms with Crippen molar-refractivity contribution in [2.24, 2.45) is 11.8 Å². The van der Waals surface area contributed by atoms with Crippen LogP contribution >= 0.6 is 0 Å². The number of nitrogens with one attached hydrogen (secondary N) is 3. The normalized spacial score (nSPS) is 24.1. The molecular formula is C40H62N6O10. The number of hydrogen-bond donors (Lipinski definition) is 4. The van der Waals surface area contributed by atoms with Gasteiger partial charge in [0.05, 0.1) is 49.8 Å². The number of carbonyl (C=O) groups is 6. The number of amides is 4. The summed E-state index contributed by atoms with van der Waals surface area (Å²) in [7, 11) is 1.66. The summed E-state index contributed by atoms with van der Waals surface area (Å²) in [6.07, 6.45) is 10.9. The highest BCUT2D eigenvalue weighted by atomic mass is 16.6. The first kappa shape index (κ1) is 44.6. The molecule has 3 aliphatic rings. The number of aliphatic carboxylic acids is 1. The molecule has 4 amide bonds. The lowest BCUT2D eigenvalue weighted by atomic mass is 9.86. The van der Waals surface area contributed by atoms with Crippen molar-refractivity contribution in [3.63, 3.8) is 0 Å². The maximum Gasteiger partial charge on any atom is 0.317 e. The third kappa shape index (κ3) is 15.1. The van der Waals surface area contributed by atoms with Gasteiger partial charge >= 0.3 is 11.9 Å². The lowest BCUT2D eigenvalue weighted by Crippen LogP contribution is -2.45. The first-order valence-corrected chi connectivity index (χ1v) is 20.1. The summed E-state index contributed by atoms with van der Waals surface area (Å²) >= 11 is 0. The van der Waals surface area contributed by atoms with E-state index in [1.807, 2.05) is 26.8 Å². The van der Waals surface area contributed by atoms with Gasteiger partial charge in [-0.15, -0.1) is 0 Å². The minimum absolute atomic E-state index is 0.0138. The van der Waals surface area contributed by atoms with Gasteiger partial charge in [0, 0.05) is 64.6 Å². The van der Waals surface area contributed by atoms with E-state index in [4.69, 9.17) is 14.2 Å². The second-order valence-electron chi connectivity index (χ2n) is 16.2. The number of ether oxygens (including phenoxy) is 3. The van der Waals surface area contributed by atoms with Crippen LogP contribution in [0.3, 0.4) is 0 Å². The predicted octanol–water partition coefficient (Wildman–Crippen LogP) is 2.36. The van der Waals surface area contributed by atoms with Gasteiger partial charge in [-0.25, -0.2) is 0 Å². The molecule has 1 aliphatic heterocycles. The molecule has 1 saturated heterocycles. The molecule has 2 saturated carbocycles. The first-order valence-electron chi connectivity index (χ1n) is 20.1. The van der Waals surface area contributed by atoms with Gasteiger partial charge in [-0.05, 0) is 90.2 Å². The highest BCUT2D eigenvalue weighted by Gasteiger charge is 2.42. The van der Waals surface area contributed by atoms with E-state index in [0.717, 1.165) is 56.9 Å². The van der Waals surface area contributed by atoms with Crippen LogP contribution in [0.25, 0.3) is 0 Å². The monoisotopic (exact) mass is 786 g/mol. The van der Waals surface area contributed by atoms with Crippen molar-refractivity contribution >= 4 is 35.6 Å². The molecule has 0 aromatic carbocycles. The molecular weight excluding hydrogens is 724 g/mol. The Kier molecular flexibility index (Phi) is 17.5. The largest absolute Gasteiger partial charge is 0.480 e. The van der Waals surface area contributed by atoms with Gasteiger partial charge in [-0.2, -0.15) is 0 Å². The molecule has 4 rings (SSSR count). The predicted molar refractivity (Wildman–Crippen MR) is 205 cm³/mol. The summed E-state index contributed by atoms with van der Waals surface area (Å²) in [4.78, 5) is 81.6. The van der Waals surface area contributed by atoms with E-state index in [-0.39, 0.29) is 92.9 Å². The smallest absolute Gasteiger partial charge is 0.317 e. The number of carbonyl (C=O) groups excluding carboxylic acids is 5. The summed E-state index contributed by atoms with van der Waals surface area (Å²) in [5.41, 5.74) is 0.269. The minimum atomic E-state index is -1.09. The number of carboxylic acid groups (broad SMARTS) is 1. The molecule has 3 fully saturated rings. The molecule has 56 heavy (non-hydrogen) atoms. The molecule has 312 valence electrons. The van der Waals surface area contributed by atoms with E-state index in [1.165, 1.54) is 4.90 Å². The Bertz CT molecular complexity index is 1460. The zero-order chi connectivity index (χ0) is 40.7. The Morgan fingerprint density at radius 2 is 1.59 bits per heavy atom. The van der Waals surface area contributed by atoms with E-state index in [2.05, 4.69) is 20.9 Å². The fourth-order valence-electron chi connectivity index (χ4n) is 7.67. The zero-order valence-corrected chi connectivity index (χ0v) is 33.5. The highest BCUT2D eigenvalue weighted by molar-refractivity contribution is 5.90. The molecule has 1 aromatic heterocycles. The van der Waals surface area contributed by atoms with Crippen LogP contribution < -0.4 is 16.0 Å². The van der Waals surface area contributed by atoms with Crippen molar-refractivity contribution < 1.29 is 48.1 Å². The quantitative estimate of drug-likeness (QED) is 0.111. The molecule has 0 radical (unpaired) electrons. The van der Waals surface area contributed by atoms with Gasteiger partial charge < -0.3 is 40.2 Å². The van der Waals surface area contributed by atoms with E-state index in [1.54, 1.807) is 30.4 Å². The van der Waals surface area contributed by atoms with Crippen LogP contribution in [0, 0.1) is 11.8 Å². The molecule has 0 spiro atoms. The van der Waals surface area contributed by atoms with Gasteiger partial charge in [0.1, 0.15) is 5.60 Å². The van der Waals surface area contributed by atoms with Crippen molar-refractivity contribution in [3.8, 4) is 0 Å². The van der Waals surface area contributed by atoms with Gasteiger partial charge in [-0.3, -0.25) is 38.7 Å². The fraction of sp³-hybridized carbons (Fsp3) is 0.725. The number of hydrogen-bond acceptors (Lipinski definition) is 11. The Morgan fingerprint density at radius 1 is 0.911 bits per heavy atom. The Morgan fingerprint density at radius 3 is 2.21 bits per heavy atom. The van der Waals surface area contributed by atoms with Gasteiger partial charge in [0.25, 0.3) is 0 Å². The number of nitrogens with zero attached hydrogens (tertiary/aromatic N) is 3. The van der Waals surface area contributed by atoms with Crippen LogP contribution in [0.15, 0.2) is 24.5 Å². The SMILES string of the molecule is CN1C(=O)C[C@H](C(=O)NCCN(CC(=O)O)CC(=O)NCCOC2CCC(OCCCC(=O)NC3CCC(C(=O)OC(C)(C)C)CC3)CC2)[C@H]1c1cccnc1. The Hall–Kier alpha value is -4.15. The molecule has 16 heteroatoms. The van der Waals surface area contributed by atoms with E-state index in [0.29, 0.717) is 26.1 Å². The summed E-state index contributed by atoms with van der Waals surface area (Å²) in [6.45, 7) is 6.43. The topological polar surface area (TPSA) is 206 Å². The third-order valence-corrected chi connectivity index (χ3v) is 10.5. The molecule has 2 heterocycles. The number of esters is 1. The standard InChI is InChI=1S/C40H62N6O10/c1-40(2,3)56-39(53)27-9-11-29(12-10-27)44-33(47)8-6-21-54-30-13-15-31(16-14-30)55-22-19-42-34(48)25-46(26-36(50)51)20-18-43-38(52)32-23-35(49)45(4)37(32)28-7-5-17-41-24-28/h5,7,17,24,27,29-32,37H,6,8-16,18-23,25-26H2,1-4H3,(H,42,48)(H,43,52)(H,44,47)(H,50,51)/t27?,29?,30?,31?,32-,37+/m0/s1. The molecule has 0 unspecified atom stereocenters. The van der Waals surface area contributed by atoms with Crippen LogP contribution in [-0.2, 0) is 43.0 Å². The van der Waals surface area contributed by atoms with Crippen molar-refractivity contribution in [2.45, 2.75) is 121 Å². The van der Waals surface area contributed by atoms with Crippen molar-refractivity contribution in [1.29, 1.82) is 0 Å². The average Bonchev–Trinajstić information content (AvgIpc) is 3.45. The minimum Gasteiger partial charge on any atom is -0.480 e. The van der Waals surface area contributed by atoms with Gasteiger partial charge in [0.2, 0.25) is 23.6 Å². The summed E-state index contributed by atoms with van der Waals surface area (Å²) in [5.74, 6) is -2.75. The summed E-state index contributed by atoms with van der Waals surface area (Å²) < 4.78 is 17.5. The number of pyridine rings is 1. The number of likely N-dealkylation sites (tertiary alicyclic amines) is 1. The highest BCUT2D eigenvalue weighted by Crippen LogP contribution is 2.36. The van der Waals surface area contributed by atoms with E-state index in [9.17, 15) is 33.9 Å². The molecule has 2 aliphatic carbocycles. The summed E-state index contributed by atoms with van der Waals surface area (Å²) in [5, 5.41) is 18.1. The molecule has 4 N–H and O–H groups in total. The van der Waals surface area contributed by atoms with Crippen molar-refractivity contribution in [3.05, 3.63) is 30.1 Å². The van der Waals surface area contributed by atoms with Crippen LogP contribution in [-0.4, -0.2) is 132 Å². The molecule has 16 nitrogen and oxygen atoms in total. The number of carboxylic acids is 1. The van der Waals surface area contributed by atoms with Gasteiger partial charge in [0.15, 0.2) is 0 Å². The Labute approximate surface area is 330 Å². The van der Waals surface area contributed by atoms with Crippen LogP contribution in [0.1, 0.15) is 103 Å². The maximum absolute atomic E-state index is 13.1. The third-order valence-electron chi connectivity index (χ3n) is 10.5. The zero-order valence-electron chi connectivity index (χ0n) is 33.5. The molecule has 1 aromatic rings. The second kappa shape index (κ2) is 22.0. The second-order valence-corrected chi connectivity index (χ2v) is 16.2. The number of aromatic nitrogens is 1. The Balaban J connectivity index is 1.03. The van der Waals surface area contributed by atoms with Crippen molar-refractivity contribution in [1.82, 2.24) is 30.7 Å². The van der Waals surface area contributed by atoms with Crippen LogP contribution in [0.5, 0.6) is 0 Å². The summed E-state index contributed by atoms with van der Waals surface area (Å²) in [6, 6.07) is 3.22. The first-order chi connectivity index (χ1) is 26.7. The lowest BCUT2D eigenvalue weighted by molar-refractivity contribution is -0.161. The maximum atomic E-state index is 13.1. The van der Waals surface area contributed by atoms with Crippen molar-refractivity contribution in [2.75, 3.05) is 53.0 Å². The lowest BCUT2D eigenvalue weighted by Gasteiger charge is -2.30. The van der Waals surface area contributed by atoms with Crippen LogP contribution in [0.4, 0.5) is 0 Å². The van der Waals surface area contributed by atoms with Gasteiger partial charge in [-0.1, -0.05) is 6.07 Å². The van der Waals surface area contributed by atoms with E-state index < -0.39 is 23.5 Å². The average molecular weight is 787 g/mol.